The molecule has 0 aromatic heterocycles. The first-order valence-corrected chi connectivity index (χ1v) is 5.14. The van der Waals surface area contributed by atoms with Crippen LogP contribution in [0.2, 0.25) is 0 Å². The molecule has 0 bridgehead atoms. The summed E-state index contributed by atoms with van der Waals surface area (Å²) in [5.74, 6) is -1.91. The van der Waals surface area contributed by atoms with Crippen LogP contribution < -0.4 is 0 Å². The van der Waals surface area contributed by atoms with Crippen LogP contribution in [-0.2, 0) is 9.53 Å². The minimum atomic E-state index is -0.979. The minimum Gasteiger partial charge on any atom is -0.461 e. The molecule has 0 amide bonds. The average molecular weight is 233 g/mol. The number of ether oxygens (including phenoxy) is 1. The van der Waals surface area contributed by atoms with Crippen molar-refractivity contribution < 1.29 is 13.9 Å². The summed E-state index contributed by atoms with van der Waals surface area (Å²) in [7, 11) is 0. The summed E-state index contributed by atoms with van der Waals surface area (Å²) in [6.45, 7) is 3.21. The highest BCUT2D eigenvalue weighted by Gasteiger charge is 2.14. The summed E-state index contributed by atoms with van der Waals surface area (Å²) in [6, 6.07) is 8.36. The number of rotatable bonds is 3. The van der Waals surface area contributed by atoms with Gasteiger partial charge in [-0.25, -0.2) is 4.79 Å². The molecule has 0 unspecified atom stereocenters. The van der Waals surface area contributed by atoms with Crippen LogP contribution in [0.1, 0.15) is 25.0 Å². The Morgan fingerprint density at radius 2 is 2.24 bits per heavy atom. The molecule has 0 saturated heterocycles. The van der Waals surface area contributed by atoms with Crippen molar-refractivity contribution >= 4 is 11.5 Å². The molecule has 0 fully saturated rings. The summed E-state index contributed by atoms with van der Waals surface area (Å²) in [4.78, 5) is 11.2. The Kier molecular flexibility index (Phi) is 4.41. The Balaban J connectivity index is 3.10. The van der Waals surface area contributed by atoms with Crippen LogP contribution in [0, 0.1) is 11.3 Å². The van der Waals surface area contributed by atoms with Crippen LogP contribution >= 0.6 is 0 Å². The van der Waals surface area contributed by atoms with E-state index in [4.69, 9.17) is 5.26 Å². The van der Waals surface area contributed by atoms with Gasteiger partial charge in [0.1, 0.15) is 0 Å². The van der Waals surface area contributed by atoms with E-state index in [1.54, 1.807) is 25.1 Å². The molecule has 3 nitrogen and oxygen atoms in total. The molecule has 1 aromatic rings. The summed E-state index contributed by atoms with van der Waals surface area (Å²) in [5.41, 5.74) is 1.08. The average Bonchev–Trinajstić information content (AvgIpc) is 2.37. The van der Waals surface area contributed by atoms with E-state index in [1.807, 2.05) is 6.07 Å². The van der Waals surface area contributed by atoms with Crippen molar-refractivity contribution in [2.24, 2.45) is 0 Å². The quantitative estimate of drug-likeness (QED) is 0.595. The van der Waals surface area contributed by atoms with Gasteiger partial charge in [-0.15, -0.1) is 0 Å². The Bertz CT molecular complexity index is 500. The van der Waals surface area contributed by atoms with Crippen LogP contribution in [-0.4, -0.2) is 12.6 Å². The van der Waals surface area contributed by atoms with E-state index in [0.29, 0.717) is 11.1 Å². The molecule has 0 N–H and O–H groups in total. The number of allylic oxidation sites excluding steroid dienone is 1. The van der Waals surface area contributed by atoms with Gasteiger partial charge in [0.15, 0.2) is 0 Å². The number of esters is 1. The third-order valence-electron chi connectivity index (χ3n) is 2.21. The van der Waals surface area contributed by atoms with E-state index in [9.17, 15) is 9.18 Å². The Morgan fingerprint density at radius 1 is 1.53 bits per heavy atom. The summed E-state index contributed by atoms with van der Waals surface area (Å²) < 4.78 is 18.2. The second-order valence-corrected chi connectivity index (χ2v) is 3.35. The molecule has 17 heavy (non-hydrogen) atoms. The molecule has 1 rings (SSSR count). The van der Waals surface area contributed by atoms with Gasteiger partial charge in [0.2, 0.25) is 5.83 Å². The summed E-state index contributed by atoms with van der Waals surface area (Å²) in [6.07, 6.45) is 0. The zero-order valence-corrected chi connectivity index (χ0v) is 9.66. The number of halogens is 1. The van der Waals surface area contributed by atoms with E-state index >= 15 is 0 Å². The largest absolute Gasteiger partial charge is 0.461 e. The van der Waals surface area contributed by atoms with Gasteiger partial charge in [-0.2, -0.15) is 9.65 Å². The summed E-state index contributed by atoms with van der Waals surface area (Å²) >= 11 is 0. The third-order valence-corrected chi connectivity index (χ3v) is 2.21. The van der Waals surface area contributed by atoms with Crippen molar-refractivity contribution in [3.63, 3.8) is 0 Å². The third kappa shape index (κ3) is 3.15. The molecular formula is C13H12FNO2. The Hall–Kier alpha value is -2.15. The van der Waals surface area contributed by atoms with Gasteiger partial charge in [-0.05, 0) is 37.1 Å². The maximum absolute atomic E-state index is 13.6. The van der Waals surface area contributed by atoms with E-state index in [2.05, 4.69) is 4.74 Å². The molecule has 4 heteroatoms. The fourth-order valence-corrected chi connectivity index (χ4v) is 1.30. The van der Waals surface area contributed by atoms with Gasteiger partial charge in [0.25, 0.3) is 0 Å². The zero-order chi connectivity index (χ0) is 12.8. The number of hydrogen-bond acceptors (Lipinski definition) is 3. The van der Waals surface area contributed by atoms with Crippen LogP contribution in [0.15, 0.2) is 30.1 Å². The van der Waals surface area contributed by atoms with Crippen molar-refractivity contribution in [1.82, 2.24) is 0 Å². The van der Waals surface area contributed by atoms with E-state index < -0.39 is 11.8 Å². The minimum absolute atomic E-state index is 0.123. The lowest BCUT2D eigenvalue weighted by Gasteiger charge is -2.04. The van der Waals surface area contributed by atoms with E-state index in [1.165, 1.54) is 13.0 Å². The van der Waals surface area contributed by atoms with Crippen molar-refractivity contribution in [3.05, 3.63) is 41.2 Å². The standard InChI is InChI=1S/C13H12FNO2/c1-3-17-13(16)12(14)9(2)11-6-4-5-10(7-11)8-15/h4-7H,3H2,1-2H3/b12-9-. The van der Waals surface area contributed by atoms with Crippen molar-refractivity contribution in [1.29, 1.82) is 5.26 Å². The number of benzene rings is 1. The molecule has 0 saturated carbocycles. The predicted molar refractivity (Wildman–Crippen MR) is 61.5 cm³/mol. The Labute approximate surface area is 99.1 Å². The highest BCUT2D eigenvalue weighted by Crippen LogP contribution is 2.21. The van der Waals surface area contributed by atoms with Crippen LogP contribution in [0.3, 0.4) is 0 Å². The van der Waals surface area contributed by atoms with Gasteiger partial charge in [-0.1, -0.05) is 12.1 Å². The van der Waals surface area contributed by atoms with Gasteiger partial charge < -0.3 is 4.74 Å². The first kappa shape index (κ1) is 12.9. The molecule has 0 spiro atoms. The topological polar surface area (TPSA) is 50.1 Å². The number of nitriles is 1. The lowest BCUT2D eigenvalue weighted by Crippen LogP contribution is -2.05. The number of carbonyl (C=O) groups excluding carboxylic acids is 1. The first-order valence-electron chi connectivity index (χ1n) is 5.14. The first-order chi connectivity index (χ1) is 8.10. The highest BCUT2D eigenvalue weighted by atomic mass is 19.1. The smallest absolute Gasteiger partial charge is 0.367 e. The maximum Gasteiger partial charge on any atom is 0.367 e. The van der Waals surface area contributed by atoms with Gasteiger partial charge in [0, 0.05) is 0 Å². The van der Waals surface area contributed by atoms with Gasteiger partial charge >= 0.3 is 5.97 Å². The van der Waals surface area contributed by atoms with Gasteiger partial charge in [-0.3, -0.25) is 0 Å². The second kappa shape index (κ2) is 5.80. The second-order valence-electron chi connectivity index (χ2n) is 3.35. The van der Waals surface area contributed by atoms with Crippen molar-refractivity contribution in [2.45, 2.75) is 13.8 Å². The molecule has 1 aromatic carbocycles. The molecule has 0 radical (unpaired) electrons. The lowest BCUT2D eigenvalue weighted by atomic mass is 10.0. The monoisotopic (exact) mass is 233 g/mol. The molecule has 0 atom stereocenters. The Morgan fingerprint density at radius 3 is 2.82 bits per heavy atom. The highest BCUT2D eigenvalue weighted by molar-refractivity contribution is 5.94. The molecular weight excluding hydrogens is 221 g/mol. The molecule has 88 valence electrons. The fourth-order valence-electron chi connectivity index (χ4n) is 1.30. The molecule has 0 aliphatic carbocycles. The fraction of sp³-hybridized carbons (Fsp3) is 0.231. The molecule has 0 heterocycles. The van der Waals surface area contributed by atoms with Crippen molar-refractivity contribution in [3.8, 4) is 6.07 Å². The molecule has 0 aliphatic rings. The SMILES string of the molecule is CCOC(=O)/C(F)=C(\C)c1cccc(C#N)c1. The van der Waals surface area contributed by atoms with Crippen LogP contribution in [0.4, 0.5) is 4.39 Å². The normalized spacial score (nSPS) is 11.4. The van der Waals surface area contributed by atoms with E-state index in [-0.39, 0.29) is 12.2 Å². The molecule has 0 aliphatic heterocycles. The van der Waals surface area contributed by atoms with Gasteiger partial charge in [0.05, 0.1) is 18.2 Å². The number of carbonyl (C=O) groups is 1. The van der Waals surface area contributed by atoms with Crippen molar-refractivity contribution in [2.75, 3.05) is 6.61 Å². The number of hydrogen-bond donors (Lipinski definition) is 0. The van der Waals surface area contributed by atoms with Crippen LogP contribution in [0.5, 0.6) is 0 Å². The zero-order valence-electron chi connectivity index (χ0n) is 9.66. The van der Waals surface area contributed by atoms with Crippen LogP contribution in [0.25, 0.3) is 5.57 Å². The van der Waals surface area contributed by atoms with E-state index in [0.717, 1.165) is 0 Å². The maximum atomic E-state index is 13.6. The lowest BCUT2D eigenvalue weighted by molar-refractivity contribution is -0.140. The predicted octanol–water partition coefficient (Wildman–Crippen LogP) is 2.82. The summed E-state index contributed by atoms with van der Waals surface area (Å²) in [5, 5.41) is 8.72. The number of nitrogens with zero attached hydrogens (tertiary/aromatic N) is 1.